The van der Waals surface area contributed by atoms with Crippen LogP contribution in [0.3, 0.4) is 0 Å². The van der Waals surface area contributed by atoms with Crippen molar-refractivity contribution in [3.63, 3.8) is 0 Å². The summed E-state index contributed by atoms with van der Waals surface area (Å²) < 4.78 is 0. The number of hydrogen-bond donors (Lipinski definition) is 0. The molecule has 144 valence electrons. The summed E-state index contributed by atoms with van der Waals surface area (Å²) in [5.41, 5.74) is 6.66. The molecule has 0 fully saturated rings. The number of benzene rings is 2. The third-order valence-electron chi connectivity index (χ3n) is 4.71. The highest BCUT2D eigenvalue weighted by atomic mass is 14.8. The maximum absolute atomic E-state index is 4.92. The molecule has 0 unspecified atom stereocenters. The Morgan fingerprint density at radius 3 is 2.04 bits per heavy atom. The lowest BCUT2D eigenvalue weighted by Gasteiger charge is -2.08. The summed E-state index contributed by atoms with van der Waals surface area (Å²) in [7, 11) is 0. The van der Waals surface area contributed by atoms with E-state index in [0.717, 1.165) is 29.2 Å². The lowest BCUT2D eigenvalue weighted by Crippen LogP contribution is -2.10. The minimum absolute atomic E-state index is 0.987. The molecule has 0 aromatic heterocycles. The SMILES string of the molecule is CCCCCCCCC(=Nc1ccccc1)C(C)=Nc1cc(C)cc(C)c1. The molecule has 0 aliphatic carbocycles. The minimum atomic E-state index is 0.987. The molecule has 27 heavy (non-hydrogen) atoms. The molecule has 0 atom stereocenters. The molecule has 2 heteroatoms. The lowest BCUT2D eigenvalue weighted by molar-refractivity contribution is 0.616. The second-order valence-corrected chi connectivity index (χ2v) is 7.45. The van der Waals surface area contributed by atoms with Gasteiger partial charge in [0, 0.05) is 0 Å². The Kier molecular flexibility index (Phi) is 8.97. The van der Waals surface area contributed by atoms with Crippen LogP contribution < -0.4 is 0 Å². The largest absolute Gasteiger partial charge is 0.252 e. The second-order valence-electron chi connectivity index (χ2n) is 7.45. The van der Waals surface area contributed by atoms with E-state index in [0.29, 0.717) is 0 Å². The Balaban J connectivity index is 2.15. The fourth-order valence-corrected chi connectivity index (χ4v) is 3.32. The molecule has 2 nitrogen and oxygen atoms in total. The summed E-state index contributed by atoms with van der Waals surface area (Å²) in [6.45, 7) is 8.60. The third kappa shape index (κ3) is 7.90. The van der Waals surface area contributed by atoms with E-state index in [1.807, 2.05) is 18.2 Å². The van der Waals surface area contributed by atoms with Gasteiger partial charge in [0.25, 0.3) is 0 Å². The van der Waals surface area contributed by atoms with Crippen molar-refractivity contribution in [2.75, 3.05) is 0 Å². The van der Waals surface area contributed by atoms with Gasteiger partial charge >= 0.3 is 0 Å². The fourth-order valence-electron chi connectivity index (χ4n) is 3.32. The summed E-state index contributed by atoms with van der Waals surface area (Å²) >= 11 is 0. The molecule has 0 saturated carbocycles. The predicted molar refractivity (Wildman–Crippen MR) is 120 cm³/mol. The minimum Gasteiger partial charge on any atom is -0.252 e. The van der Waals surface area contributed by atoms with E-state index in [9.17, 15) is 0 Å². The summed E-state index contributed by atoms with van der Waals surface area (Å²) in [5.74, 6) is 0. The highest BCUT2D eigenvalue weighted by Gasteiger charge is 2.06. The van der Waals surface area contributed by atoms with Gasteiger partial charge in [0.05, 0.1) is 22.8 Å². The van der Waals surface area contributed by atoms with Crippen molar-refractivity contribution in [1.82, 2.24) is 0 Å². The molecule has 0 amide bonds. The smallest absolute Gasteiger partial charge is 0.0638 e. The fraction of sp³-hybridized carbons (Fsp3) is 0.440. The van der Waals surface area contributed by atoms with Gasteiger partial charge in [0.15, 0.2) is 0 Å². The molecule has 2 aromatic carbocycles. The maximum Gasteiger partial charge on any atom is 0.0638 e. The molecular formula is C25H34N2. The van der Waals surface area contributed by atoms with E-state index in [4.69, 9.17) is 9.98 Å². The first kappa shape index (κ1) is 21.1. The first-order valence-electron chi connectivity index (χ1n) is 10.3. The lowest BCUT2D eigenvalue weighted by atomic mass is 10.0. The van der Waals surface area contributed by atoms with Crippen molar-refractivity contribution < 1.29 is 0 Å². The van der Waals surface area contributed by atoms with Crippen LogP contribution in [0.25, 0.3) is 0 Å². The van der Waals surface area contributed by atoms with Gasteiger partial charge in [-0.25, -0.2) is 0 Å². The Morgan fingerprint density at radius 2 is 1.37 bits per heavy atom. The molecule has 2 aromatic rings. The summed E-state index contributed by atoms with van der Waals surface area (Å²) in [6.07, 6.45) is 8.73. The molecule has 0 aliphatic heterocycles. The maximum atomic E-state index is 4.92. The van der Waals surface area contributed by atoms with Gasteiger partial charge in [-0.1, -0.05) is 63.3 Å². The zero-order chi connectivity index (χ0) is 19.5. The first-order chi connectivity index (χ1) is 13.1. The molecule has 0 bridgehead atoms. The van der Waals surface area contributed by atoms with Crippen LogP contribution in [0.4, 0.5) is 11.4 Å². The number of hydrogen-bond acceptors (Lipinski definition) is 2. The summed E-state index contributed by atoms with van der Waals surface area (Å²) in [4.78, 5) is 9.81. The van der Waals surface area contributed by atoms with Crippen LogP contribution >= 0.6 is 0 Å². The van der Waals surface area contributed by atoms with Gasteiger partial charge < -0.3 is 0 Å². The topological polar surface area (TPSA) is 24.7 Å². The van der Waals surface area contributed by atoms with Crippen LogP contribution in [-0.2, 0) is 0 Å². The zero-order valence-electron chi connectivity index (χ0n) is 17.5. The number of unbranched alkanes of at least 4 members (excludes halogenated alkanes) is 5. The standard InChI is InChI=1S/C25H34N2/c1-5-6-7-8-9-13-16-25(27-23-14-11-10-12-15-23)22(4)26-24-18-20(2)17-21(3)19-24/h10-12,14-15,17-19H,5-9,13,16H2,1-4H3. The van der Waals surface area contributed by atoms with Crippen molar-refractivity contribution in [3.05, 3.63) is 59.7 Å². The van der Waals surface area contributed by atoms with Crippen molar-refractivity contribution in [3.8, 4) is 0 Å². The van der Waals surface area contributed by atoms with E-state index >= 15 is 0 Å². The molecule has 2 rings (SSSR count). The van der Waals surface area contributed by atoms with Crippen LogP contribution in [0.1, 0.15) is 69.9 Å². The molecule has 0 heterocycles. The van der Waals surface area contributed by atoms with E-state index in [1.54, 1.807) is 0 Å². The van der Waals surface area contributed by atoms with E-state index in [1.165, 1.54) is 49.7 Å². The molecule has 0 radical (unpaired) electrons. The molecular weight excluding hydrogens is 328 g/mol. The van der Waals surface area contributed by atoms with Crippen LogP contribution in [0.15, 0.2) is 58.5 Å². The Labute approximate surface area is 165 Å². The first-order valence-corrected chi connectivity index (χ1v) is 10.3. The van der Waals surface area contributed by atoms with Crippen molar-refractivity contribution in [1.29, 1.82) is 0 Å². The zero-order valence-corrected chi connectivity index (χ0v) is 17.5. The van der Waals surface area contributed by atoms with Gasteiger partial charge in [0.2, 0.25) is 0 Å². The van der Waals surface area contributed by atoms with E-state index < -0.39 is 0 Å². The Morgan fingerprint density at radius 1 is 0.741 bits per heavy atom. The molecule has 0 N–H and O–H groups in total. The monoisotopic (exact) mass is 362 g/mol. The number of aryl methyl sites for hydroxylation is 2. The van der Waals surface area contributed by atoms with Gasteiger partial charge in [0.1, 0.15) is 0 Å². The highest BCUT2D eigenvalue weighted by molar-refractivity contribution is 6.42. The number of rotatable bonds is 10. The average Bonchev–Trinajstić information content (AvgIpc) is 2.63. The molecule has 0 aliphatic rings. The van der Waals surface area contributed by atoms with Crippen LogP contribution in [0, 0.1) is 13.8 Å². The quantitative estimate of drug-likeness (QED) is 0.303. The van der Waals surface area contributed by atoms with Crippen molar-refractivity contribution in [2.24, 2.45) is 9.98 Å². The normalized spacial score (nSPS) is 12.4. The average molecular weight is 363 g/mol. The molecule has 0 saturated heterocycles. The van der Waals surface area contributed by atoms with Crippen LogP contribution in [0.2, 0.25) is 0 Å². The third-order valence-corrected chi connectivity index (χ3v) is 4.71. The number of aliphatic imine (C=N–C) groups is 2. The Hall–Kier alpha value is -2.22. The van der Waals surface area contributed by atoms with Crippen molar-refractivity contribution in [2.45, 2.75) is 72.6 Å². The van der Waals surface area contributed by atoms with Crippen LogP contribution in [-0.4, -0.2) is 11.4 Å². The molecule has 0 spiro atoms. The van der Waals surface area contributed by atoms with Gasteiger partial charge in [-0.3, -0.25) is 9.98 Å². The second kappa shape index (κ2) is 11.5. The van der Waals surface area contributed by atoms with E-state index in [2.05, 4.69) is 58.0 Å². The Bertz CT molecular complexity index is 737. The predicted octanol–water partition coefficient (Wildman–Crippen LogP) is 7.92. The van der Waals surface area contributed by atoms with Gasteiger partial charge in [-0.15, -0.1) is 0 Å². The highest BCUT2D eigenvalue weighted by Crippen LogP contribution is 2.19. The number of para-hydroxylation sites is 1. The van der Waals surface area contributed by atoms with E-state index in [-0.39, 0.29) is 0 Å². The van der Waals surface area contributed by atoms with Gasteiger partial charge in [-0.05, 0) is 69.0 Å². The van der Waals surface area contributed by atoms with Crippen molar-refractivity contribution >= 4 is 22.8 Å². The number of nitrogens with zero attached hydrogens (tertiary/aromatic N) is 2. The summed E-state index contributed by atoms with van der Waals surface area (Å²) in [5, 5.41) is 0. The summed E-state index contributed by atoms with van der Waals surface area (Å²) in [6, 6.07) is 16.7. The van der Waals surface area contributed by atoms with Crippen LogP contribution in [0.5, 0.6) is 0 Å². The van der Waals surface area contributed by atoms with Gasteiger partial charge in [-0.2, -0.15) is 0 Å².